The molecule has 1 aliphatic rings. The maximum Gasteiger partial charge on any atom is 0.155 e. The number of nitrogens with zero attached hydrogens (tertiary/aromatic N) is 2. The zero-order valence-electron chi connectivity index (χ0n) is 8.25. The summed E-state index contributed by atoms with van der Waals surface area (Å²) in [6.07, 6.45) is 0. The Bertz CT molecular complexity index is 342. The van der Waals surface area contributed by atoms with Crippen LogP contribution in [0.25, 0.3) is 0 Å². The molecule has 82 valence electrons. The van der Waals surface area contributed by atoms with Crippen molar-refractivity contribution in [2.45, 2.75) is 6.54 Å². The van der Waals surface area contributed by atoms with Crippen LogP contribution in [0.15, 0.2) is 16.7 Å². The summed E-state index contributed by atoms with van der Waals surface area (Å²) in [6.45, 7) is 4.11. The molecule has 0 amide bonds. The van der Waals surface area contributed by atoms with Gasteiger partial charge in [0.2, 0.25) is 0 Å². The maximum absolute atomic E-state index is 12.9. The van der Waals surface area contributed by atoms with Crippen LogP contribution in [0.3, 0.4) is 0 Å². The highest BCUT2D eigenvalue weighted by Crippen LogP contribution is 2.14. The van der Waals surface area contributed by atoms with Crippen LogP contribution in [0.4, 0.5) is 4.39 Å². The predicted molar refractivity (Wildman–Crippen MR) is 58.0 cm³/mol. The van der Waals surface area contributed by atoms with Crippen molar-refractivity contribution in [3.05, 3.63) is 28.2 Å². The van der Waals surface area contributed by atoms with E-state index in [1.165, 1.54) is 6.07 Å². The Morgan fingerprint density at radius 1 is 1.40 bits per heavy atom. The molecule has 3 nitrogen and oxygen atoms in total. The number of halogens is 2. The van der Waals surface area contributed by atoms with Gasteiger partial charge in [-0.15, -0.1) is 0 Å². The summed E-state index contributed by atoms with van der Waals surface area (Å²) in [4.78, 5) is 6.37. The molecule has 1 saturated heterocycles. The highest BCUT2D eigenvalue weighted by molar-refractivity contribution is 9.10. The zero-order valence-corrected chi connectivity index (χ0v) is 9.83. The van der Waals surface area contributed by atoms with Crippen molar-refractivity contribution in [2.75, 3.05) is 26.3 Å². The first-order chi connectivity index (χ1) is 7.25. The molecule has 1 fully saturated rings. The van der Waals surface area contributed by atoms with Gasteiger partial charge >= 0.3 is 0 Å². The number of pyridine rings is 1. The van der Waals surface area contributed by atoms with E-state index in [0.717, 1.165) is 38.5 Å². The molecule has 5 heteroatoms. The van der Waals surface area contributed by atoms with Crippen LogP contribution in [0.2, 0.25) is 0 Å². The topological polar surface area (TPSA) is 25.4 Å². The molecule has 1 aromatic heterocycles. The summed E-state index contributed by atoms with van der Waals surface area (Å²) in [7, 11) is 0. The highest BCUT2D eigenvalue weighted by Gasteiger charge is 2.12. The van der Waals surface area contributed by atoms with E-state index in [9.17, 15) is 4.39 Å². The molecule has 0 bridgehead atoms. The van der Waals surface area contributed by atoms with E-state index in [-0.39, 0.29) is 10.4 Å². The Morgan fingerprint density at radius 3 is 2.80 bits per heavy atom. The summed E-state index contributed by atoms with van der Waals surface area (Å²) >= 11 is 3.08. The highest BCUT2D eigenvalue weighted by atomic mass is 79.9. The van der Waals surface area contributed by atoms with Crippen molar-refractivity contribution >= 4 is 15.9 Å². The second-order valence-electron chi connectivity index (χ2n) is 3.46. The molecule has 1 aromatic rings. The molecule has 2 rings (SSSR count). The molecule has 0 saturated carbocycles. The molecular weight excluding hydrogens is 263 g/mol. The third kappa shape index (κ3) is 2.96. The quantitative estimate of drug-likeness (QED) is 0.770. The Morgan fingerprint density at radius 2 is 2.13 bits per heavy atom. The van der Waals surface area contributed by atoms with E-state index in [4.69, 9.17) is 4.74 Å². The average Bonchev–Trinajstić information content (AvgIpc) is 2.25. The van der Waals surface area contributed by atoms with Gasteiger partial charge in [-0.05, 0) is 28.1 Å². The lowest BCUT2D eigenvalue weighted by Gasteiger charge is -2.26. The number of ether oxygens (including phenoxy) is 1. The van der Waals surface area contributed by atoms with Gasteiger partial charge in [0.25, 0.3) is 0 Å². The van der Waals surface area contributed by atoms with Gasteiger partial charge in [0.15, 0.2) is 5.82 Å². The minimum absolute atomic E-state index is 0.285. The molecule has 0 N–H and O–H groups in total. The average molecular weight is 275 g/mol. The zero-order chi connectivity index (χ0) is 10.7. The SMILES string of the molecule is Fc1ccc(CN2CCOCC2)nc1Br. The Kier molecular flexibility index (Phi) is 3.66. The fraction of sp³-hybridized carbons (Fsp3) is 0.500. The molecular formula is C10H12BrFN2O. The molecule has 0 radical (unpaired) electrons. The number of rotatable bonds is 2. The van der Waals surface area contributed by atoms with Crippen LogP contribution < -0.4 is 0 Å². The smallest absolute Gasteiger partial charge is 0.155 e. The van der Waals surface area contributed by atoms with E-state index >= 15 is 0 Å². The number of morpholine rings is 1. The first-order valence-corrected chi connectivity index (χ1v) is 5.66. The molecule has 0 unspecified atom stereocenters. The van der Waals surface area contributed by atoms with E-state index < -0.39 is 0 Å². The summed E-state index contributed by atoms with van der Waals surface area (Å²) in [5, 5.41) is 0. The minimum Gasteiger partial charge on any atom is -0.379 e. The van der Waals surface area contributed by atoms with E-state index in [0.29, 0.717) is 0 Å². The van der Waals surface area contributed by atoms with Crippen molar-refractivity contribution in [2.24, 2.45) is 0 Å². The van der Waals surface area contributed by atoms with Crippen LogP contribution in [0.1, 0.15) is 5.69 Å². The Balaban J connectivity index is 2.00. The van der Waals surface area contributed by atoms with Crippen LogP contribution in [-0.4, -0.2) is 36.2 Å². The molecule has 1 aliphatic heterocycles. The van der Waals surface area contributed by atoms with Crippen LogP contribution in [0, 0.1) is 5.82 Å². The van der Waals surface area contributed by atoms with Crippen LogP contribution >= 0.6 is 15.9 Å². The minimum atomic E-state index is -0.319. The summed E-state index contributed by atoms with van der Waals surface area (Å²) in [5.74, 6) is -0.319. The third-order valence-corrected chi connectivity index (χ3v) is 2.91. The predicted octanol–water partition coefficient (Wildman–Crippen LogP) is 1.82. The lowest BCUT2D eigenvalue weighted by Crippen LogP contribution is -2.35. The Labute approximate surface area is 96.4 Å². The van der Waals surface area contributed by atoms with Gasteiger partial charge in [-0.3, -0.25) is 4.90 Å². The fourth-order valence-electron chi connectivity index (χ4n) is 1.53. The maximum atomic E-state index is 12.9. The van der Waals surface area contributed by atoms with Gasteiger partial charge in [-0.25, -0.2) is 9.37 Å². The Hall–Kier alpha value is -0.520. The molecule has 0 spiro atoms. The van der Waals surface area contributed by atoms with E-state index in [2.05, 4.69) is 25.8 Å². The van der Waals surface area contributed by atoms with Gasteiger partial charge in [0.1, 0.15) is 4.60 Å². The largest absolute Gasteiger partial charge is 0.379 e. The number of aromatic nitrogens is 1. The van der Waals surface area contributed by atoms with Gasteiger partial charge in [0, 0.05) is 19.6 Å². The molecule has 0 aromatic carbocycles. The van der Waals surface area contributed by atoms with Gasteiger partial charge < -0.3 is 4.74 Å². The van der Waals surface area contributed by atoms with Crippen LogP contribution in [-0.2, 0) is 11.3 Å². The van der Waals surface area contributed by atoms with Crippen molar-refractivity contribution in [3.8, 4) is 0 Å². The van der Waals surface area contributed by atoms with Crippen molar-refractivity contribution in [3.63, 3.8) is 0 Å². The second-order valence-corrected chi connectivity index (χ2v) is 4.21. The van der Waals surface area contributed by atoms with Gasteiger partial charge in [-0.2, -0.15) is 0 Å². The van der Waals surface area contributed by atoms with Crippen molar-refractivity contribution in [1.29, 1.82) is 0 Å². The summed E-state index contributed by atoms with van der Waals surface area (Å²) in [5.41, 5.74) is 0.880. The lowest BCUT2D eigenvalue weighted by molar-refractivity contribution is 0.0336. The molecule has 0 aliphatic carbocycles. The van der Waals surface area contributed by atoms with E-state index in [1.54, 1.807) is 6.07 Å². The summed E-state index contributed by atoms with van der Waals surface area (Å²) < 4.78 is 18.5. The standard InChI is InChI=1S/C10H12BrFN2O/c11-10-9(12)2-1-8(13-10)7-14-3-5-15-6-4-14/h1-2H,3-7H2. The molecule has 2 heterocycles. The van der Waals surface area contributed by atoms with Gasteiger partial charge in [0.05, 0.1) is 18.9 Å². The molecule has 15 heavy (non-hydrogen) atoms. The van der Waals surface area contributed by atoms with Gasteiger partial charge in [-0.1, -0.05) is 0 Å². The third-order valence-electron chi connectivity index (χ3n) is 2.35. The normalized spacial score (nSPS) is 18.0. The number of hydrogen-bond donors (Lipinski definition) is 0. The summed E-state index contributed by atoms with van der Waals surface area (Å²) in [6, 6.07) is 3.16. The van der Waals surface area contributed by atoms with Crippen molar-refractivity contribution in [1.82, 2.24) is 9.88 Å². The van der Waals surface area contributed by atoms with Crippen LogP contribution in [0.5, 0.6) is 0 Å². The first-order valence-electron chi connectivity index (χ1n) is 4.87. The number of hydrogen-bond acceptors (Lipinski definition) is 3. The first kappa shape index (κ1) is 11.0. The lowest BCUT2D eigenvalue weighted by atomic mass is 10.3. The van der Waals surface area contributed by atoms with Crippen molar-refractivity contribution < 1.29 is 9.13 Å². The molecule has 0 atom stereocenters. The fourth-order valence-corrected chi connectivity index (χ4v) is 1.89. The van der Waals surface area contributed by atoms with E-state index in [1.807, 2.05) is 0 Å². The second kappa shape index (κ2) is 5.01. The monoisotopic (exact) mass is 274 g/mol.